The number of hydrogen-bond donors (Lipinski definition) is 2. The Hall–Kier alpha value is -1.37. The van der Waals surface area contributed by atoms with Crippen molar-refractivity contribution < 1.29 is 4.79 Å². The third-order valence-corrected chi connectivity index (χ3v) is 5.26. The Bertz CT molecular complexity index is 655. The minimum Gasteiger partial charge on any atom is -0.326 e. The Balaban J connectivity index is 2.04. The van der Waals surface area contributed by atoms with E-state index in [0.717, 1.165) is 26.2 Å². The molecule has 1 atom stereocenters. The summed E-state index contributed by atoms with van der Waals surface area (Å²) in [5.41, 5.74) is 2.97. The summed E-state index contributed by atoms with van der Waals surface area (Å²) in [4.78, 5) is 17.7. The Morgan fingerprint density at radius 2 is 2.18 bits per heavy atom. The second kappa shape index (κ2) is 7.76. The van der Waals surface area contributed by atoms with Gasteiger partial charge in [-0.1, -0.05) is 18.7 Å². The van der Waals surface area contributed by atoms with Crippen LogP contribution in [-0.4, -0.2) is 24.5 Å². The average Bonchev–Trinajstić information content (AvgIpc) is 2.87. The summed E-state index contributed by atoms with van der Waals surface area (Å²) in [6.07, 6.45) is 0. The van der Waals surface area contributed by atoms with Gasteiger partial charge in [0.25, 0.3) is 0 Å². The molecule has 0 saturated carbocycles. The van der Waals surface area contributed by atoms with Gasteiger partial charge in [0, 0.05) is 34.1 Å². The molecule has 2 N–H and O–H groups in total. The molecule has 0 spiro atoms. The van der Waals surface area contributed by atoms with E-state index in [1.165, 1.54) is 0 Å². The van der Waals surface area contributed by atoms with Crippen LogP contribution in [0.2, 0.25) is 0 Å². The van der Waals surface area contributed by atoms with E-state index < -0.39 is 0 Å². The Kier molecular flexibility index (Phi) is 5.99. The average molecular weight is 335 g/mol. The third-order valence-electron chi connectivity index (χ3n) is 3.22. The summed E-state index contributed by atoms with van der Waals surface area (Å²) >= 11 is 3.30. The van der Waals surface area contributed by atoms with E-state index in [0.29, 0.717) is 6.54 Å². The number of nitrogens with zero attached hydrogens (tertiary/aromatic N) is 1. The molecule has 0 radical (unpaired) electrons. The molecule has 0 aliphatic rings. The van der Waals surface area contributed by atoms with Crippen molar-refractivity contribution in [3.63, 3.8) is 0 Å². The Labute approximate surface area is 139 Å². The number of carbonyl (C=O) groups excluding carboxylic acids is 1. The maximum atomic E-state index is 12.1. The molecule has 1 unspecified atom stereocenters. The fourth-order valence-electron chi connectivity index (χ4n) is 1.97. The van der Waals surface area contributed by atoms with E-state index in [1.54, 1.807) is 23.1 Å². The van der Waals surface area contributed by atoms with E-state index in [-0.39, 0.29) is 11.8 Å². The van der Waals surface area contributed by atoms with Crippen molar-refractivity contribution in [3.8, 4) is 0 Å². The highest BCUT2D eigenvalue weighted by molar-refractivity contribution is 8.01. The molecule has 0 bridgehead atoms. The molecule has 118 valence electrons. The van der Waals surface area contributed by atoms with E-state index in [9.17, 15) is 4.79 Å². The number of amides is 1. The van der Waals surface area contributed by atoms with E-state index in [2.05, 4.69) is 21.7 Å². The molecule has 4 nitrogen and oxygen atoms in total. The van der Waals surface area contributed by atoms with Gasteiger partial charge in [-0.2, -0.15) is 0 Å². The first kappa shape index (κ1) is 17.0. The Morgan fingerprint density at radius 1 is 1.41 bits per heavy atom. The second-order valence-corrected chi connectivity index (χ2v) is 7.46. The van der Waals surface area contributed by atoms with Crippen LogP contribution < -0.4 is 10.6 Å². The van der Waals surface area contributed by atoms with Gasteiger partial charge in [0.1, 0.15) is 0 Å². The molecule has 0 aliphatic carbocycles. The zero-order chi connectivity index (χ0) is 16.1. The molecule has 1 aromatic heterocycles. The molecule has 22 heavy (non-hydrogen) atoms. The number of aromatic nitrogens is 1. The van der Waals surface area contributed by atoms with Crippen molar-refractivity contribution in [2.24, 2.45) is 5.92 Å². The molecule has 0 fully saturated rings. The predicted molar refractivity (Wildman–Crippen MR) is 93.9 cm³/mol. The fourth-order valence-corrected chi connectivity index (χ4v) is 3.88. The predicted octanol–water partition coefficient (Wildman–Crippen LogP) is 3.71. The molecule has 0 saturated heterocycles. The normalized spacial score (nSPS) is 12.2. The summed E-state index contributed by atoms with van der Waals surface area (Å²) in [7, 11) is 1.85. The van der Waals surface area contributed by atoms with Crippen molar-refractivity contribution >= 4 is 34.7 Å². The van der Waals surface area contributed by atoms with Crippen molar-refractivity contribution in [3.05, 3.63) is 34.8 Å². The van der Waals surface area contributed by atoms with Crippen molar-refractivity contribution in [2.75, 3.05) is 18.9 Å². The number of benzene rings is 1. The lowest BCUT2D eigenvalue weighted by Gasteiger charge is -2.14. The summed E-state index contributed by atoms with van der Waals surface area (Å²) < 4.78 is 1.04. The lowest BCUT2D eigenvalue weighted by atomic mass is 10.1. The molecule has 1 amide bonds. The van der Waals surface area contributed by atoms with Crippen molar-refractivity contribution in [2.45, 2.75) is 30.0 Å². The maximum absolute atomic E-state index is 12.1. The first-order chi connectivity index (χ1) is 10.5. The van der Waals surface area contributed by atoms with E-state index >= 15 is 0 Å². The van der Waals surface area contributed by atoms with E-state index in [1.807, 2.05) is 45.3 Å². The SMILES string of the molecule is CNCC(C)C(=O)Nc1ccc(Sc2nc(C)cs2)cc1C. The minimum absolute atomic E-state index is 0.0356. The van der Waals surface area contributed by atoms with Gasteiger partial charge < -0.3 is 10.6 Å². The van der Waals surface area contributed by atoms with Crippen LogP contribution in [0.25, 0.3) is 0 Å². The molecule has 0 aliphatic heterocycles. The van der Waals surface area contributed by atoms with Gasteiger partial charge in [-0.15, -0.1) is 11.3 Å². The van der Waals surface area contributed by atoms with E-state index in [4.69, 9.17) is 0 Å². The van der Waals surface area contributed by atoms with Crippen LogP contribution >= 0.6 is 23.1 Å². The summed E-state index contributed by atoms with van der Waals surface area (Å²) in [5.74, 6) is -0.0230. The van der Waals surface area contributed by atoms with Crippen molar-refractivity contribution in [1.29, 1.82) is 0 Å². The van der Waals surface area contributed by atoms with Gasteiger partial charge in [-0.25, -0.2) is 4.98 Å². The van der Waals surface area contributed by atoms with Crippen LogP contribution in [0.4, 0.5) is 5.69 Å². The van der Waals surface area contributed by atoms with Crippen LogP contribution in [0.5, 0.6) is 0 Å². The van der Waals surface area contributed by atoms with Gasteiger partial charge in [0.05, 0.1) is 0 Å². The second-order valence-electron chi connectivity index (χ2n) is 5.28. The first-order valence-corrected chi connectivity index (χ1v) is 8.85. The van der Waals surface area contributed by atoms with Crippen LogP contribution in [0.1, 0.15) is 18.2 Å². The number of nitrogens with one attached hydrogen (secondary N) is 2. The summed E-state index contributed by atoms with van der Waals surface area (Å²) in [6, 6.07) is 6.06. The molecule has 1 heterocycles. The smallest absolute Gasteiger partial charge is 0.228 e. The largest absolute Gasteiger partial charge is 0.326 e. The Morgan fingerprint density at radius 3 is 2.77 bits per heavy atom. The lowest BCUT2D eigenvalue weighted by molar-refractivity contribution is -0.119. The fraction of sp³-hybridized carbons (Fsp3) is 0.375. The molecule has 1 aromatic carbocycles. The molecule has 2 rings (SSSR count). The zero-order valence-corrected chi connectivity index (χ0v) is 14.9. The van der Waals surface area contributed by atoms with Crippen LogP contribution in [-0.2, 0) is 4.79 Å². The first-order valence-electron chi connectivity index (χ1n) is 7.15. The molecular weight excluding hydrogens is 314 g/mol. The van der Waals surface area contributed by atoms with Gasteiger partial charge in [-0.05, 0) is 44.7 Å². The number of hydrogen-bond acceptors (Lipinski definition) is 5. The molecule has 2 aromatic rings. The zero-order valence-electron chi connectivity index (χ0n) is 13.3. The number of carbonyl (C=O) groups is 1. The van der Waals surface area contributed by atoms with Crippen LogP contribution in [0.15, 0.2) is 32.8 Å². The number of rotatable bonds is 6. The van der Waals surface area contributed by atoms with Crippen LogP contribution in [0.3, 0.4) is 0 Å². The minimum atomic E-state index is -0.0586. The lowest BCUT2D eigenvalue weighted by Crippen LogP contribution is -2.28. The van der Waals surface area contributed by atoms with Gasteiger partial charge in [0.15, 0.2) is 4.34 Å². The standard InChI is InChI=1S/C16H21N3OS2/c1-10-7-13(22-16-18-12(3)9-21-16)5-6-14(10)19-15(20)11(2)8-17-4/h5-7,9,11,17H,8H2,1-4H3,(H,19,20). The summed E-state index contributed by atoms with van der Waals surface area (Å²) in [6.45, 7) is 6.59. The third kappa shape index (κ3) is 4.56. The maximum Gasteiger partial charge on any atom is 0.228 e. The van der Waals surface area contributed by atoms with Crippen molar-refractivity contribution in [1.82, 2.24) is 10.3 Å². The number of aryl methyl sites for hydroxylation is 2. The van der Waals surface area contributed by atoms with Gasteiger partial charge in [0.2, 0.25) is 5.91 Å². The van der Waals surface area contributed by atoms with Gasteiger partial charge in [-0.3, -0.25) is 4.79 Å². The highest BCUT2D eigenvalue weighted by atomic mass is 32.2. The number of anilines is 1. The molecular formula is C16H21N3OS2. The highest BCUT2D eigenvalue weighted by Crippen LogP contribution is 2.32. The monoisotopic (exact) mass is 335 g/mol. The summed E-state index contributed by atoms with van der Waals surface area (Å²) in [5, 5.41) is 8.05. The quantitative estimate of drug-likeness (QED) is 0.845. The molecule has 6 heteroatoms. The topological polar surface area (TPSA) is 54.0 Å². The highest BCUT2D eigenvalue weighted by Gasteiger charge is 2.13. The van der Waals surface area contributed by atoms with Gasteiger partial charge >= 0.3 is 0 Å². The van der Waals surface area contributed by atoms with Crippen LogP contribution in [0, 0.1) is 19.8 Å². The number of thiazole rings is 1.